The van der Waals surface area contributed by atoms with Gasteiger partial charge in [0, 0.05) is 16.6 Å². The van der Waals surface area contributed by atoms with E-state index in [4.69, 9.17) is 10.2 Å². The Morgan fingerprint density at radius 1 is 0.862 bits per heavy atom. The number of nitrogens with two attached hydrogens (primary N) is 1. The van der Waals surface area contributed by atoms with Crippen molar-refractivity contribution >= 4 is 28.6 Å². The highest BCUT2D eigenvalue weighted by atomic mass is 16.3. The number of fused-ring (bicyclic) bond motifs is 1. The summed E-state index contributed by atoms with van der Waals surface area (Å²) in [6, 6.07) is 24.7. The van der Waals surface area contributed by atoms with Crippen LogP contribution in [0.5, 0.6) is 0 Å². The summed E-state index contributed by atoms with van der Waals surface area (Å²) in [6.45, 7) is 0. The lowest BCUT2D eigenvalue weighted by molar-refractivity contribution is 0.0939. The number of rotatable bonds is 5. The van der Waals surface area contributed by atoms with Gasteiger partial charge in [-0.15, -0.1) is 0 Å². The molecule has 0 fully saturated rings. The van der Waals surface area contributed by atoms with Crippen molar-refractivity contribution in [2.45, 2.75) is 6.04 Å². The molecule has 1 unspecified atom stereocenters. The first-order valence-corrected chi connectivity index (χ1v) is 9.11. The molecule has 0 aliphatic heterocycles. The molecular weight excluding hydrogens is 366 g/mol. The van der Waals surface area contributed by atoms with E-state index in [9.17, 15) is 9.59 Å². The number of hydrogen-bond donors (Lipinski definition) is 3. The smallest absolute Gasteiger partial charge is 0.316 e. The highest BCUT2D eigenvalue weighted by Crippen LogP contribution is 2.28. The van der Waals surface area contributed by atoms with Crippen molar-refractivity contribution < 1.29 is 14.0 Å². The Labute approximate surface area is 167 Å². The van der Waals surface area contributed by atoms with Crippen molar-refractivity contribution in [1.82, 2.24) is 5.32 Å². The van der Waals surface area contributed by atoms with Gasteiger partial charge >= 0.3 is 6.03 Å². The average molecular weight is 385 g/mol. The van der Waals surface area contributed by atoms with E-state index in [1.165, 1.54) is 0 Å². The van der Waals surface area contributed by atoms with Gasteiger partial charge in [0.2, 0.25) is 0 Å². The fourth-order valence-corrected chi connectivity index (χ4v) is 3.17. The van der Waals surface area contributed by atoms with E-state index in [-0.39, 0.29) is 5.91 Å². The third kappa shape index (κ3) is 4.11. The van der Waals surface area contributed by atoms with Crippen LogP contribution >= 0.6 is 0 Å². The number of benzene rings is 3. The lowest BCUT2D eigenvalue weighted by atomic mass is 10.0. The highest BCUT2D eigenvalue weighted by Gasteiger charge is 2.21. The zero-order chi connectivity index (χ0) is 20.2. The van der Waals surface area contributed by atoms with Gasteiger partial charge in [-0.05, 0) is 42.0 Å². The highest BCUT2D eigenvalue weighted by molar-refractivity contribution is 5.96. The maximum Gasteiger partial charge on any atom is 0.316 e. The van der Waals surface area contributed by atoms with Gasteiger partial charge in [-0.25, -0.2) is 4.79 Å². The second kappa shape index (κ2) is 7.90. The monoisotopic (exact) mass is 385 g/mol. The van der Waals surface area contributed by atoms with Gasteiger partial charge in [0.05, 0.1) is 0 Å². The summed E-state index contributed by atoms with van der Waals surface area (Å²) in [4.78, 5) is 23.8. The zero-order valence-electron chi connectivity index (χ0n) is 15.5. The summed E-state index contributed by atoms with van der Waals surface area (Å²) < 4.78 is 6.01. The third-order valence-electron chi connectivity index (χ3n) is 4.55. The van der Waals surface area contributed by atoms with Crippen LogP contribution < -0.4 is 16.4 Å². The van der Waals surface area contributed by atoms with Gasteiger partial charge < -0.3 is 20.8 Å². The minimum absolute atomic E-state index is 0.259. The van der Waals surface area contributed by atoms with Gasteiger partial charge in [-0.2, -0.15) is 0 Å². The molecule has 3 aromatic carbocycles. The van der Waals surface area contributed by atoms with E-state index in [1.807, 2.05) is 60.7 Å². The number of nitrogens with one attached hydrogen (secondary N) is 2. The fraction of sp³-hybridized carbons (Fsp3) is 0.0435. The predicted octanol–water partition coefficient (Wildman–Crippen LogP) is 4.44. The molecule has 0 bridgehead atoms. The van der Waals surface area contributed by atoms with Crippen LogP contribution in [-0.4, -0.2) is 11.9 Å². The fourth-order valence-electron chi connectivity index (χ4n) is 3.17. The molecule has 3 amide bonds. The molecule has 0 radical (unpaired) electrons. The van der Waals surface area contributed by atoms with E-state index >= 15 is 0 Å². The SMILES string of the molecule is NC(=O)Nc1ccc(C(=O)NC(c2ccccc2)c2cc3ccccc3o2)cc1. The summed E-state index contributed by atoms with van der Waals surface area (Å²) in [5, 5.41) is 6.48. The molecule has 6 nitrogen and oxygen atoms in total. The third-order valence-corrected chi connectivity index (χ3v) is 4.55. The van der Waals surface area contributed by atoms with E-state index in [0.29, 0.717) is 17.0 Å². The maximum absolute atomic E-state index is 12.9. The Morgan fingerprint density at radius 2 is 1.55 bits per heavy atom. The Balaban J connectivity index is 1.63. The lowest BCUT2D eigenvalue weighted by Gasteiger charge is -2.17. The quantitative estimate of drug-likeness (QED) is 0.474. The molecular formula is C23H19N3O3. The van der Waals surface area contributed by atoms with Crippen LogP contribution in [-0.2, 0) is 0 Å². The Kier molecular flexibility index (Phi) is 4.99. The van der Waals surface area contributed by atoms with Crippen molar-refractivity contribution in [2.24, 2.45) is 5.73 Å². The summed E-state index contributed by atoms with van der Waals surface area (Å²) in [6.07, 6.45) is 0. The molecule has 1 atom stereocenters. The van der Waals surface area contributed by atoms with Gasteiger partial charge in [0.15, 0.2) is 0 Å². The number of carbonyl (C=O) groups is 2. The van der Waals surface area contributed by atoms with Crippen LogP contribution in [0.3, 0.4) is 0 Å². The number of amides is 3. The standard InChI is InChI=1S/C23H19N3O3/c24-23(28)25-18-12-10-16(11-13-18)22(27)26-21(15-6-2-1-3-7-15)20-14-17-8-4-5-9-19(17)29-20/h1-14,21H,(H,26,27)(H3,24,25,28). The van der Waals surface area contributed by atoms with E-state index < -0.39 is 12.1 Å². The second-order valence-corrected chi connectivity index (χ2v) is 6.57. The van der Waals surface area contributed by atoms with Crippen LogP contribution in [0.25, 0.3) is 11.0 Å². The van der Waals surface area contributed by atoms with Gasteiger partial charge in [0.1, 0.15) is 17.4 Å². The Morgan fingerprint density at radius 3 is 2.24 bits per heavy atom. The summed E-state index contributed by atoms with van der Waals surface area (Å²) in [5.41, 5.74) is 7.76. The molecule has 0 aliphatic rings. The van der Waals surface area contributed by atoms with Crippen molar-refractivity contribution in [3.8, 4) is 0 Å². The van der Waals surface area contributed by atoms with Gasteiger partial charge in [-0.3, -0.25) is 4.79 Å². The number of hydrogen-bond acceptors (Lipinski definition) is 3. The summed E-state index contributed by atoms with van der Waals surface area (Å²) in [7, 11) is 0. The van der Waals surface area contributed by atoms with Crippen molar-refractivity contribution in [2.75, 3.05) is 5.32 Å². The summed E-state index contributed by atoms with van der Waals surface area (Å²) >= 11 is 0. The van der Waals surface area contributed by atoms with Gasteiger partial charge in [-0.1, -0.05) is 48.5 Å². The zero-order valence-corrected chi connectivity index (χ0v) is 15.5. The Hall–Kier alpha value is -4.06. The van der Waals surface area contributed by atoms with Crippen LogP contribution in [0, 0.1) is 0 Å². The number of urea groups is 1. The molecule has 1 aromatic heterocycles. The molecule has 144 valence electrons. The van der Waals surface area contributed by atoms with Crippen LogP contribution in [0.15, 0.2) is 89.3 Å². The average Bonchev–Trinajstić information content (AvgIpc) is 3.16. The number of primary amides is 1. The summed E-state index contributed by atoms with van der Waals surface area (Å²) in [5.74, 6) is 0.391. The topological polar surface area (TPSA) is 97.4 Å². The molecule has 1 heterocycles. The first kappa shape index (κ1) is 18.3. The molecule has 0 aliphatic carbocycles. The molecule has 4 aromatic rings. The van der Waals surface area contributed by atoms with Crippen LogP contribution in [0.1, 0.15) is 27.7 Å². The van der Waals surface area contributed by atoms with Crippen LogP contribution in [0.2, 0.25) is 0 Å². The maximum atomic E-state index is 12.9. The van der Waals surface area contributed by atoms with Crippen molar-refractivity contribution in [3.63, 3.8) is 0 Å². The van der Waals surface area contributed by atoms with E-state index in [2.05, 4.69) is 10.6 Å². The van der Waals surface area contributed by atoms with E-state index in [1.54, 1.807) is 24.3 Å². The number of furan rings is 1. The number of para-hydroxylation sites is 1. The van der Waals surface area contributed by atoms with Gasteiger partial charge in [0.25, 0.3) is 5.91 Å². The molecule has 4 N–H and O–H groups in total. The number of anilines is 1. The normalized spacial score (nSPS) is 11.7. The van der Waals surface area contributed by atoms with Crippen molar-refractivity contribution in [3.05, 3.63) is 102 Å². The number of carbonyl (C=O) groups excluding carboxylic acids is 2. The molecule has 29 heavy (non-hydrogen) atoms. The minimum Gasteiger partial charge on any atom is -0.459 e. The molecule has 0 saturated heterocycles. The lowest BCUT2D eigenvalue weighted by Crippen LogP contribution is -2.29. The van der Waals surface area contributed by atoms with Crippen molar-refractivity contribution in [1.29, 1.82) is 0 Å². The first-order valence-electron chi connectivity index (χ1n) is 9.11. The Bertz CT molecular complexity index is 1120. The van der Waals surface area contributed by atoms with E-state index in [0.717, 1.165) is 16.5 Å². The molecule has 6 heteroatoms. The van der Waals surface area contributed by atoms with Crippen LogP contribution in [0.4, 0.5) is 10.5 Å². The largest absolute Gasteiger partial charge is 0.459 e. The first-order chi connectivity index (χ1) is 14.1. The molecule has 0 saturated carbocycles. The molecule has 0 spiro atoms. The second-order valence-electron chi connectivity index (χ2n) is 6.57. The minimum atomic E-state index is -0.656. The predicted molar refractivity (Wildman–Crippen MR) is 112 cm³/mol. The molecule has 4 rings (SSSR count).